The molecule has 0 unspecified atom stereocenters. The molecule has 170 valence electrons. The Morgan fingerprint density at radius 1 is 0.909 bits per heavy atom. The Bertz CT molecular complexity index is 1170. The van der Waals surface area contributed by atoms with Crippen molar-refractivity contribution in [2.45, 2.75) is 12.8 Å². The molecule has 7 nitrogen and oxygen atoms in total. The summed E-state index contributed by atoms with van der Waals surface area (Å²) in [5.74, 6) is 1.44. The second-order valence-electron chi connectivity index (χ2n) is 8.26. The number of benzene rings is 2. The van der Waals surface area contributed by atoms with Crippen LogP contribution in [0.25, 0.3) is 10.9 Å². The van der Waals surface area contributed by atoms with E-state index in [4.69, 9.17) is 16.3 Å². The van der Waals surface area contributed by atoms with E-state index in [1.165, 1.54) is 6.26 Å². The maximum atomic E-state index is 12.9. The maximum Gasteiger partial charge on any atom is 0.262 e. The number of hydrogen-bond acceptors (Lipinski definition) is 6. The van der Waals surface area contributed by atoms with Gasteiger partial charge in [0, 0.05) is 38.1 Å². The molecular weight excluding hydrogens is 438 g/mol. The predicted molar refractivity (Wildman–Crippen MR) is 129 cm³/mol. The van der Waals surface area contributed by atoms with Crippen LogP contribution in [0.15, 0.2) is 66.3 Å². The van der Waals surface area contributed by atoms with Crippen LogP contribution in [-0.4, -0.2) is 64.9 Å². The van der Waals surface area contributed by atoms with Crippen molar-refractivity contribution in [1.82, 2.24) is 19.8 Å². The number of aromatic nitrogens is 2. The molecule has 8 heteroatoms. The third-order valence-corrected chi connectivity index (χ3v) is 6.50. The minimum absolute atomic E-state index is 0.116. The van der Waals surface area contributed by atoms with Crippen molar-refractivity contribution in [2.24, 2.45) is 0 Å². The molecule has 5 rings (SSSR count). The first kappa shape index (κ1) is 21.7. The highest BCUT2D eigenvalue weighted by molar-refractivity contribution is 6.30. The first-order chi connectivity index (χ1) is 16.2. The molecule has 3 aromatic rings. The molecule has 1 saturated heterocycles. The maximum absolute atomic E-state index is 12.9. The van der Waals surface area contributed by atoms with E-state index >= 15 is 0 Å². The predicted octanol–water partition coefficient (Wildman–Crippen LogP) is 4.10. The van der Waals surface area contributed by atoms with E-state index in [2.05, 4.69) is 25.8 Å². The van der Waals surface area contributed by atoms with Gasteiger partial charge < -0.3 is 9.64 Å². The van der Waals surface area contributed by atoms with Crippen LogP contribution in [0.4, 0.5) is 5.82 Å². The molecule has 1 fully saturated rings. The van der Waals surface area contributed by atoms with Gasteiger partial charge in [0.1, 0.15) is 29.3 Å². The molecule has 1 amide bonds. The van der Waals surface area contributed by atoms with E-state index in [0.717, 1.165) is 62.3 Å². The summed E-state index contributed by atoms with van der Waals surface area (Å²) in [6.07, 6.45) is 4.96. The number of anilines is 1. The quantitative estimate of drug-likeness (QED) is 0.405. The summed E-state index contributed by atoms with van der Waals surface area (Å²) in [5, 5.41) is 1.42. The van der Waals surface area contributed by atoms with Gasteiger partial charge in [-0.3, -0.25) is 14.6 Å². The molecule has 0 radical (unpaired) electrons. The van der Waals surface area contributed by atoms with Gasteiger partial charge in [0.2, 0.25) is 0 Å². The van der Waals surface area contributed by atoms with Crippen LogP contribution in [-0.2, 0) is 0 Å². The van der Waals surface area contributed by atoms with Gasteiger partial charge in [-0.25, -0.2) is 9.97 Å². The number of rotatable bonds is 6. The van der Waals surface area contributed by atoms with Crippen LogP contribution >= 0.6 is 11.6 Å². The van der Waals surface area contributed by atoms with Crippen LogP contribution < -0.4 is 9.64 Å². The summed E-state index contributed by atoms with van der Waals surface area (Å²) >= 11 is 6.33. The molecule has 1 aromatic heterocycles. The summed E-state index contributed by atoms with van der Waals surface area (Å²) in [5.41, 5.74) is 1.52. The summed E-state index contributed by atoms with van der Waals surface area (Å²) in [6, 6.07) is 15.4. The summed E-state index contributed by atoms with van der Waals surface area (Å²) < 4.78 is 5.56. The summed E-state index contributed by atoms with van der Waals surface area (Å²) in [7, 11) is 0. The van der Waals surface area contributed by atoms with Crippen molar-refractivity contribution in [1.29, 1.82) is 0 Å². The lowest BCUT2D eigenvalue weighted by molar-refractivity contribution is 0.0814. The molecule has 0 aliphatic carbocycles. The molecule has 0 atom stereocenters. The fourth-order valence-corrected chi connectivity index (χ4v) is 4.61. The Kier molecular flexibility index (Phi) is 6.41. The molecular formula is C25H26ClN5O2. The SMILES string of the molecule is O=C1c2ccccc2OC=C(Cl)N1CCCCN1CCN(c2ncnc3ccccc23)CC1. The minimum Gasteiger partial charge on any atom is -0.461 e. The zero-order chi connectivity index (χ0) is 22.6. The van der Waals surface area contributed by atoms with E-state index in [1.807, 2.05) is 30.3 Å². The Hall–Kier alpha value is -3.16. The van der Waals surface area contributed by atoms with Gasteiger partial charge in [0.15, 0.2) is 0 Å². The number of para-hydroxylation sites is 2. The average Bonchev–Trinajstić information content (AvgIpc) is 2.98. The number of ether oxygens (including phenoxy) is 1. The van der Waals surface area contributed by atoms with Crippen molar-refractivity contribution in [2.75, 3.05) is 44.2 Å². The monoisotopic (exact) mass is 463 g/mol. The van der Waals surface area contributed by atoms with E-state index in [9.17, 15) is 4.79 Å². The third kappa shape index (κ3) is 4.65. The van der Waals surface area contributed by atoms with Crippen molar-refractivity contribution >= 4 is 34.2 Å². The van der Waals surface area contributed by atoms with E-state index in [1.54, 1.807) is 23.4 Å². The summed E-state index contributed by atoms with van der Waals surface area (Å²) in [6.45, 7) is 5.42. The highest BCUT2D eigenvalue weighted by atomic mass is 35.5. The van der Waals surface area contributed by atoms with Crippen molar-refractivity contribution in [3.8, 4) is 5.75 Å². The lowest BCUT2D eigenvalue weighted by Gasteiger charge is -2.35. The lowest BCUT2D eigenvalue weighted by Crippen LogP contribution is -2.47. The number of halogens is 1. The fourth-order valence-electron chi connectivity index (χ4n) is 4.40. The van der Waals surface area contributed by atoms with E-state index in [-0.39, 0.29) is 5.91 Å². The number of carbonyl (C=O) groups excluding carboxylic acids is 1. The lowest BCUT2D eigenvalue weighted by atomic mass is 10.1. The van der Waals surface area contributed by atoms with Crippen molar-refractivity contribution < 1.29 is 9.53 Å². The van der Waals surface area contributed by atoms with Gasteiger partial charge in [-0.2, -0.15) is 0 Å². The van der Waals surface area contributed by atoms with Crippen LogP contribution in [0.1, 0.15) is 23.2 Å². The third-order valence-electron chi connectivity index (χ3n) is 6.20. The van der Waals surface area contributed by atoms with Gasteiger partial charge in [-0.15, -0.1) is 0 Å². The van der Waals surface area contributed by atoms with Gasteiger partial charge in [-0.05, 0) is 43.7 Å². The first-order valence-electron chi connectivity index (χ1n) is 11.3. The fraction of sp³-hybridized carbons (Fsp3) is 0.320. The number of hydrogen-bond donors (Lipinski definition) is 0. The number of unbranched alkanes of at least 4 members (excludes halogenated alkanes) is 1. The van der Waals surface area contributed by atoms with Crippen LogP contribution in [0.3, 0.4) is 0 Å². The zero-order valence-electron chi connectivity index (χ0n) is 18.4. The number of carbonyl (C=O) groups is 1. The standard InChI is InChI=1S/C25H26ClN5O2/c26-23-17-33-22-10-4-2-8-20(22)25(32)31(23)12-6-5-11-29-13-15-30(16-14-29)24-19-7-1-3-9-21(19)27-18-28-24/h1-4,7-10,17-18H,5-6,11-16H2. The van der Waals surface area contributed by atoms with E-state index in [0.29, 0.717) is 23.0 Å². The highest BCUT2D eigenvalue weighted by Gasteiger charge is 2.25. The molecule has 2 aliphatic heterocycles. The van der Waals surface area contributed by atoms with Gasteiger partial charge in [-0.1, -0.05) is 35.9 Å². The average molecular weight is 464 g/mol. The molecule has 0 saturated carbocycles. The smallest absolute Gasteiger partial charge is 0.262 e. The zero-order valence-corrected chi connectivity index (χ0v) is 19.1. The second-order valence-corrected chi connectivity index (χ2v) is 8.65. The largest absolute Gasteiger partial charge is 0.461 e. The van der Waals surface area contributed by atoms with Crippen LogP contribution in [0, 0.1) is 0 Å². The second kappa shape index (κ2) is 9.77. The highest BCUT2D eigenvalue weighted by Crippen LogP contribution is 2.27. The number of piperazine rings is 1. The van der Waals surface area contributed by atoms with Gasteiger partial charge >= 0.3 is 0 Å². The molecule has 2 aromatic carbocycles. The van der Waals surface area contributed by atoms with Crippen LogP contribution in [0.5, 0.6) is 5.75 Å². The van der Waals surface area contributed by atoms with Crippen LogP contribution in [0.2, 0.25) is 0 Å². The van der Waals surface area contributed by atoms with E-state index < -0.39 is 0 Å². The first-order valence-corrected chi connectivity index (χ1v) is 11.7. The Balaban J connectivity index is 1.11. The molecule has 33 heavy (non-hydrogen) atoms. The number of amides is 1. The van der Waals surface area contributed by atoms with Crippen molar-refractivity contribution in [3.05, 3.63) is 71.8 Å². The number of fused-ring (bicyclic) bond motifs is 2. The molecule has 3 heterocycles. The Morgan fingerprint density at radius 3 is 2.55 bits per heavy atom. The Morgan fingerprint density at radius 2 is 1.67 bits per heavy atom. The van der Waals surface area contributed by atoms with Gasteiger partial charge in [0.25, 0.3) is 5.91 Å². The number of nitrogens with zero attached hydrogens (tertiary/aromatic N) is 5. The molecule has 0 spiro atoms. The van der Waals surface area contributed by atoms with Crippen molar-refractivity contribution in [3.63, 3.8) is 0 Å². The molecule has 0 bridgehead atoms. The summed E-state index contributed by atoms with van der Waals surface area (Å²) in [4.78, 5) is 28.2. The Labute approximate surface area is 198 Å². The minimum atomic E-state index is -0.116. The normalized spacial score (nSPS) is 16.9. The molecule has 2 aliphatic rings. The molecule has 0 N–H and O–H groups in total. The topological polar surface area (TPSA) is 61.8 Å². The van der Waals surface area contributed by atoms with Gasteiger partial charge in [0.05, 0.1) is 11.1 Å².